The monoisotopic (exact) mass is 763 g/mol. The lowest BCUT2D eigenvalue weighted by atomic mass is 9.76. The van der Waals surface area contributed by atoms with E-state index in [2.05, 4.69) is 13.2 Å². The molecule has 8 heteroatoms. The quantitative estimate of drug-likeness (QED) is 0.0706. The third-order valence-electron chi connectivity index (χ3n) is 17.6. The molecule has 0 saturated heterocycles. The van der Waals surface area contributed by atoms with Gasteiger partial charge in [-0.2, -0.15) is 0 Å². The van der Waals surface area contributed by atoms with Gasteiger partial charge in [-0.3, -0.25) is 0 Å². The average Bonchev–Trinajstić information content (AvgIpc) is 4.02. The van der Waals surface area contributed by atoms with Crippen LogP contribution in [0.25, 0.3) is 0 Å². The van der Waals surface area contributed by atoms with Gasteiger partial charge in [0.1, 0.15) is 0 Å². The molecule has 0 aromatic heterocycles. The maximum Gasteiger partial charge on any atom is 0.333 e. The molecule has 0 aromatic rings. The molecule has 306 valence electrons. The third kappa shape index (κ3) is 8.02. The average molecular weight is 763 g/mol. The number of carbonyl (C=O) groups excluding carboxylic acids is 2. The minimum Gasteiger partial charge on any atom is -0.462 e. The highest BCUT2D eigenvalue weighted by Gasteiger charge is 2.58. The van der Waals surface area contributed by atoms with Gasteiger partial charge in [-0.25, -0.2) is 9.59 Å². The predicted molar refractivity (Wildman–Crippen MR) is 208 cm³/mol. The number of hydrogen-bond donors (Lipinski definition) is 0. The SMILES string of the molecule is C=CC(=O)OCC1CC2CC1C1CC(COCCOCC3CC4CC3C3CC(COCCOCC5CC6C7CC(COC(=O)C(=C)C)C(C7)C6C5)CC43)CC21. The van der Waals surface area contributed by atoms with Crippen LogP contribution in [0.15, 0.2) is 24.8 Å². The lowest BCUT2D eigenvalue weighted by Crippen LogP contribution is -2.28. The fraction of sp³-hybridized carbons (Fsp3) is 0.872. The smallest absolute Gasteiger partial charge is 0.333 e. The van der Waals surface area contributed by atoms with Crippen LogP contribution in [0.5, 0.6) is 0 Å². The molecular formula is C47H70O8. The van der Waals surface area contributed by atoms with Crippen LogP contribution in [-0.4, -0.2) is 78.0 Å². The molecule has 0 amide bonds. The lowest BCUT2D eigenvalue weighted by molar-refractivity contribution is -0.141. The Bertz CT molecular complexity index is 1400. The number of ether oxygens (including phenoxy) is 6. The zero-order chi connectivity index (χ0) is 37.6. The predicted octanol–water partition coefficient (Wildman–Crippen LogP) is 7.80. The summed E-state index contributed by atoms with van der Waals surface area (Å²) in [4.78, 5) is 23.5. The number of hydrogen-bond acceptors (Lipinski definition) is 8. The van der Waals surface area contributed by atoms with Gasteiger partial charge in [-0.1, -0.05) is 13.2 Å². The van der Waals surface area contributed by atoms with Crippen molar-refractivity contribution in [3.63, 3.8) is 0 Å². The Balaban J connectivity index is 0.600. The van der Waals surface area contributed by atoms with Gasteiger partial charge in [0.25, 0.3) is 0 Å². The topological polar surface area (TPSA) is 89.5 Å². The van der Waals surface area contributed by atoms with Crippen LogP contribution in [0.2, 0.25) is 0 Å². The van der Waals surface area contributed by atoms with E-state index in [0.29, 0.717) is 61.6 Å². The molecule has 9 aliphatic rings. The molecule has 55 heavy (non-hydrogen) atoms. The first-order valence-electron chi connectivity index (χ1n) is 22.8. The Morgan fingerprint density at radius 1 is 0.473 bits per heavy atom. The molecule has 18 atom stereocenters. The third-order valence-corrected chi connectivity index (χ3v) is 17.6. The summed E-state index contributed by atoms with van der Waals surface area (Å²) in [6.07, 6.45) is 17.1. The fourth-order valence-corrected chi connectivity index (χ4v) is 15.7. The highest BCUT2D eigenvalue weighted by atomic mass is 16.5. The van der Waals surface area contributed by atoms with E-state index in [1.807, 2.05) is 0 Å². The Hall–Kier alpha value is -1.74. The van der Waals surface area contributed by atoms with Gasteiger partial charge >= 0.3 is 11.9 Å². The molecule has 9 rings (SSSR count). The Kier molecular flexibility index (Phi) is 11.9. The Morgan fingerprint density at radius 2 is 0.836 bits per heavy atom. The molecule has 0 heterocycles. The van der Waals surface area contributed by atoms with Crippen molar-refractivity contribution in [3.05, 3.63) is 24.8 Å². The van der Waals surface area contributed by atoms with Crippen molar-refractivity contribution in [2.75, 3.05) is 66.1 Å². The standard InChI is InChI=1S/C47H70O8/c1-4-46(48)54-25-35-16-32-19-41(35)44-13-29(10-38(32)44)23-52-7-8-53-24-34-15-31-18-40(34)43-12-28(9-37(31)43)21-50-5-6-51-22-30-11-39-33-17-36(26-55-47(49)27(2)3)42(20-33)45(39)14-30/h4,28-45H,1-2,5-26H2,3H3. The van der Waals surface area contributed by atoms with Crippen LogP contribution in [0, 0.1) is 107 Å². The van der Waals surface area contributed by atoms with Gasteiger partial charge < -0.3 is 28.4 Å². The molecular weight excluding hydrogens is 693 g/mol. The summed E-state index contributed by atoms with van der Waals surface area (Å²) in [6, 6.07) is 0. The summed E-state index contributed by atoms with van der Waals surface area (Å²) >= 11 is 0. The summed E-state index contributed by atoms with van der Waals surface area (Å²) in [5.74, 6) is 13.4. The lowest BCUT2D eigenvalue weighted by Gasteiger charge is -2.31. The minimum atomic E-state index is -0.281. The summed E-state index contributed by atoms with van der Waals surface area (Å²) in [7, 11) is 0. The van der Waals surface area contributed by atoms with E-state index in [1.165, 1.54) is 83.1 Å². The molecule has 9 aliphatic carbocycles. The molecule has 18 unspecified atom stereocenters. The summed E-state index contributed by atoms with van der Waals surface area (Å²) < 4.78 is 35.9. The Morgan fingerprint density at radius 3 is 1.24 bits per heavy atom. The maximum absolute atomic E-state index is 11.9. The van der Waals surface area contributed by atoms with Crippen LogP contribution in [-0.2, 0) is 38.0 Å². The van der Waals surface area contributed by atoms with Crippen LogP contribution < -0.4 is 0 Å². The van der Waals surface area contributed by atoms with E-state index in [-0.39, 0.29) is 11.9 Å². The second-order valence-corrected chi connectivity index (χ2v) is 20.5. The zero-order valence-corrected chi connectivity index (χ0v) is 33.7. The number of carbonyl (C=O) groups is 2. The molecule has 0 radical (unpaired) electrons. The van der Waals surface area contributed by atoms with Gasteiger partial charge in [0.15, 0.2) is 0 Å². The summed E-state index contributed by atoms with van der Waals surface area (Å²) in [5, 5.41) is 0. The fourth-order valence-electron chi connectivity index (χ4n) is 15.7. The van der Waals surface area contributed by atoms with Crippen molar-refractivity contribution in [1.29, 1.82) is 0 Å². The number of rotatable bonds is 20. The van der Waals surface area contributed by atoms with Crippen molar-refractivity contribution in [1.82, 2.24) is 0 Å². The summed E-state index contributed by atoms with van der Waals surface area (Å²) in [5.41, 5.74) is 0.501. The van der Waals surface area contributed by atoms with Crippen molar-refractivity contribution < 1.29 is 38.0 Å². The maximum atomic E-state index is 11.9. The van der Waals surface area contributed by atoms with Crippen LogP contribution in [0.1, 0.15) is 84.0 Å². The van der Waals surface area contributed by atoms with Crippen molar-refractivity contribution in [2.24, 2.45) is 107 Å². The highest BCUT2D eigenvalue weighted by molar-refractivity contribution is 5.86. The van der Waals surface area contributed by atoms with Gasteiger partial charge in [0, 0.05) is 38.1 Å². The number of fused-ring (bicyclic) bond motifs is 15. The van der Waals surface area contributed by atoms with Crippen LogP contribution in [0.3, 0.4) is 0 Å². The first-order chi connectivity index (χ1) is 26.8. The second kappa shape index (κ2) is 16.9. The summed E-state index contributed by atoms with van der Waals surface area (Å²) in [6.45, 7) is 16.6. The molecule has 9 fully saturated rings. The van der Waals surface area contributed by atoms with Gasteiger partial charge in [0.2, 0.25) is 0 Å². The zero-order valence-electron chi connectivity index (χ0n) is 33.7. The largest absolute Gasteiger partial charge is 0.462 e. The van der Waals surface area contributed by atoms with E-state index < -0.39 is 0 Å². The molecule has 6 bridgehead atoms. The van der Waals surface area contributed by atoms with E-state index >= 15 is 0 Å². The van der Waals surface area contributed by atoms with Crippen molar-refractivity contribution in [3.8, 4) is 0 Å². The van der Waals surface area contributed by atoms with Crippen LogP contribution >= 0.6 is 0 Å². The van der Waals surface area contributed by atoms with Crippen molar-refractivity contribution in [2.45, 2.75) is 84.0 Å². The first-order valence-corrected chi connectivity index (χ1v) is 22.8. The van der Waals surface area contributed by atoms with E-state index in [4.69, 9.17) is 28.4 Å². The van der Waals surface area contributed by atoms with E-state index in [0.717, 1.165) is 117 Å². The van der Waals surface area contributed by atoms with Gasteiger partial charge in [-0.15, -0.1) is 0 Å². The van der Waals surface area contributed by atoms with E-state index in [1.54, 1.807) is 6.92 Å². The van der Waals surface area contributed by atoms with E-state index in [9.17, 15) is 9.59 Å². The molecule has 0 aromatic carbocycles. The molecule has 0 N–H and O–H groups in total. The van der Waals surface area contributed by atoms with Crippen LogP contribution in [0.4, 0.5) is 0 Å². The second-order valence-electron chi connectivity index (χ2n) is 20.5. The van der Waals surface area contributed by atoms with Gasteiger partial charge in [-0.05, 0) is 190 Å². The number of esters is 2. The molecule has 0 spiro atoms. The van der Waals surface area contributed by atoms with Gasteiger partial charge in [0.05, 0.1) is 39.6 Å². The van der Waals surface area contributed by atoms with Crippen molar-refractivity contribution >= 4 is 11.9 Å². The Labute approximate surface area is 330 Å². The highest BCUT2D eigenvalue weighted by Crippen LogP contribution is 2.64. The normalized spacial score (nSPS) is 45.3. The molecule has 9 saturated carbocycles. The first kappa shape index (κ1) is 38.8. The molecule has 8 nitrogen and oxygen atoms in total. The molecule has 0 aliphatic heterocycles. The minimum absolute atomic E-state index is 0.235.